The van der Waals surface area contributed by atoms with E-state index in [-0.39, 0.29) is 0 Å². The van der Waals surface area contributed by atoms with Gasteiger partial charge in [-0.25, -0.2) is 4.68 Å². The molecule has 1 heterocycles. The third kappa shape index (κ3) is 2.17. The molecule has 1 aromatic heterocycles. The molecule has 0 aliphatic heterocycles. The minimum absolute atomic E-state index is 0.585. The second-order valence-electron chi connectivity index (χ2n) is 3.19. The lowest BCUT2D eigenvalue weighted by atomic mass is 10.2. The lowest BCUT2D eigenvalue weighted by molar-refractivity contribution is 0.482. The Labute approximate surface area is 77.3 Å². The number of rotatable bonds is 3. The van der Waals surface area contributed by atoms with Crippen molar-refractivity contribution in [2.24, 2.45) is 5.92 Å². The summed E-state index contributed by atoms with van der Waals surface area (Å²) in [6.45, 7) is 5.20. The molecular formula is C8H15N3S. The molecule has 0 spiro atoms. The molecule has 0 radical (unpaired) electrons. The first-order chi connectivity index (χ1) is 5.63. The smallest absolute Gasteiger partial charge is 0.122 e. The first kappa shape index (κ1) is 9.45. The number of nitrogens with zero attached hydrogens (tertiary/aromatic N) is 2. The lowest BCUT2D eigenvalue weighted by Crippen LogP contribution is -2.08. The number of aromatic nitrogens is 2. The van der Waals surface area contributed by atoms with Crippen LogP contribution in [0.3, 0.4) is 0 Å². The Kier molecular flexibility index (Phi) is 3.03. The number of hydrogen-bond donors (Lipinski definition) is 1. The van der Waals surface area contributed by atoms with E-state index in [2.05, 4.69) is 18.9 Å². The molecule has 12 heavy (non-hydrogen) atoms. The van der Waals surface area contributed by atoms with Gasteiger partial charge in [-0.1, -0.05) is 13.8 Å². The molecule has 0 unspecified atom stereocenters. The SMILES string of the molecule is CSc1cc(N)n(CC(C)C)n1. The number of hydrogen-bond acceptors (Lipinski definition) is 3. The molecule has 1 rings (SSSR count). The molecule has 0 bridgehead atoms. The Morgan fingerprint density at radius 1 is 1.67 bits per heavy atom. The van der Waals surface area contributed by atoms with Crippen molar-refractivity contribution in [3.63, 3.8) is 0 Å². The van der Waals surface area contributed by atoms with E-state index in [4.69, 9.17) is 5.73 Å². The van der Waals surface area contributed by atoms with E-state index in [1.807, 2.05) is 17.0 Å². The maximum atomic E-state index is 5.75. The molecule has 2 N–H and O–H groups in total. The fourth-order valence-electron chi connectivity index (χ4n) is 0.998. The summed E-state index contributed by atoms with van der Waals surface area (Å²) in [4.78, 5) is 0. The highest BCUT2D eigenvalue weighted by molar-refractivity contribution is 7.98. The fourth-order valence-corrected chi connectivity index (χ4v) is 1.42. The van der Waals surface area contributed by atoms with Gasteiger partial charge in [-0.15, -0.1) is 11.8 Å². The van der Waals surface area contributed by atoms with Crippen LogP contribution in [0.4, 0.5) is 5.82 Å². The van der Waals surface area contributed by atoms with Crippen LogP contribution in [0.15, 0.2) is 11.1 Å². The summed E-state index contributed by atoms with van der Waals surface area (Å²) in [5.41, 5.74) is 5.75. The highest BCUT2D eigenvalue weighted by Crippen LogP contribution is 2.16. The van der Waals surface area contributed by atoms with Crippen LogP contribution in [0.1, 0.15) is 13.8 Å². The Balaban J connectivity index is 2.77. The van der Waals surface area contributed by atoms with Crippen molar-refractivity contribution in [1.29, 1.82) is 0 Å². The van der Waals surface area contributed by atoms with Gasteiger partial charge in [0.1, 0.15) is 10.8 Å². The maximum absolute atomic E-state index is 5.75. The minimum Gasteiger partial charge on any atom is -0.384 e. The molecule has 3 nitrogen and oxygen atoms in total. The first-order valence-corrected chi connectivity index (χ1v) is 5.23. The van der Waals surface area contributed by atoms with Gasteiger partial charge in [-0.3, -0.25) is 0 Å². The first-order valence-electron chi connectivity index (χ1n) is 4.00. The van der Waals surface area contributed by atoms with Crippen LogP contribution in [-0.4, -0.2) is 16.0 Å². The number of nitrogen functional groups attached to an aromatic ring is 1. The molecule has 4 heteroatoms. The predicted octanol–water partition coefficient (Wildman–Crippen LogP) is 1.84. The zero-order chi connectivity index (χ0) is 9.14. The maximum Gasteiger partial charge on any atom is 0.122 e. The molecule has 0 amide bonds. The largest absolute Gasteiger partial charge is 0.384 e. The van der Waals surface area contributed by atoms with Gasteiger partial charge in [0.2, 0.25) is 0 Å². The fraction of sp³-hybridized carbons (Fsp3) is 0.625. The summed E-state index contributed by atoms with van der Waals surface area (Å²) in [5.74, 6) is 1.34. The highest BCUT2D eigenvalue weighted by atomic mass is 32.2. The third-order valence-electron chi connectivity index (χ3n) is 1.54. The molecule has 0 atom stereocenters. The summed E-state index contributed by atoms with van der Waals surface area (Å²) >= 11 is 1.62. The van der Waals surface area contributed by atoms with Crippen LogP contribution in [-0.2, 0) is 6.54 Å². The second kappa shape index (κ2) is 3.85. The molecule has 0 aromatic carbocycles. The van der Waals surface area contributed by atoms with Crippen molar-refractivity contribution in [3.05, 3.63) is 6.07 Å². The van der Waals surface area contributed by atoms with Gasteiger partial charge in [0.25, 0.3) is 0 Å². The van der Waals surface area contributed by atoms with E-state index in [1.165, 1.54) is 0 Å². The predicted molar refractivity (Wildman–Crippen MR) is 53.3 cm³/mol. The van der Waals surface area contributed by atoms with E-state index in [0.29, 0.717) is 5.92 Å². The average molecular weight is 185 g/mol. The van der Waals surface area contributed by atoms with E-state index < -0.39 is 0 Å². The summed E-state index contributed by atoms with van der Waals surface area (Å²) < 4.78 is 1.86. The van der Waals surface area contributed by atoms with Crippen LogP contribution in [0.2, 0.25) is 0 Å². The van der Waals surface area contributed by atoms with Crippen molar-refractivity contribution in [1.82, 2.24) is 9.78 Å². The van der Waals surface area contributed by atoms with Gasteiger partial charge in [-0.05, 0) is 12.2 Å². The zero-order valence-corrected chi connectivity index (χ0v) is 8.56. The van der Waals surface area contributed by atoms with Gasteiger partial charge < -0.3 is 5.73 Å². The second-order valence-corrected chi connectivity index (χ2v) is 4.01. The van der Waals surface area contributed by atoms with Crippen molar-refractivity contribution in [3.8, 4) is 0 Å². The lowest BCUT2D eigenvalue weighted by Gasteiger charge is -2.05. The van der Waals surface area contributed by atoms with E-state index in [9.17, 15) is 0 Å². The Bertz CT molecular complexity index is 255. The number of thioether (sulfide) groups is 1. The van der Waals surface area contributed by atoms with Crippen molar-refractivity contribution >= 4 is 17.6 Å². The summed E-state index contributed by atoms with van der Waals surface area (Å²) in [6.07, 6.45) is 2.00. The topological polar surface area (TPSA) is 43.8 Å². The van der Waals surface area contributed by atoms with Crippen LogP contribution in [0, 0.1) is 5.92 Å². The van der Waals surface area contributed by atoms with E-state index >= 15 is 0 Å². The molecule has 0 saturated carbocycles. The Morgan fingerprint density at radius 2 is 2.33 bits per heavy atom. The van der Waals surface area contributed by atoms with Crippen molar-refractivity contribution < 1.29 is 0 Å². The standard InChI is InChI=1S/C8H15N3S/c1-6(2)5-11-7(9)4-8(10-11)12-3/h4,6H,5,9H2,1-3H3. The zero-order valence-electron chi connectivity index (χ0n) is 7.74. The third-order valence-corrected chi connectivity index (χ3v) is 2.15. The van der Waals surface area contributed by atoms with E-state index in [0.717, 1.165) is 17.4 Å². The molecule has 0 fully saturated rings. The van der Waals surface area contributed by atoms with Gasteiger partial charge >= 0.3 is 0 Å². The van der Waals surface area contributed by atoms with Gasteiger partial charge in [0.05, 0.1) is 0 Å². The molecule has 0 aliphatic rings. The molecule has 0 aliphatic carbocycles. The van der Waals surface area contributed by atoms with Crippen LogP contribution in [0.25, 0.3) is 0 Å². The summed E-state index contributed by atoms with van der Waals surface area (Å²) in [7, 11) is 0. The summed E-state index contributed by atoms with van der Waals surface area (Å²) in [5, 5.41) is 5.32. The molecule has 0 saturated heterocycles. The Morgan fingerprint density at radius 3 is 2.75 bits per heavy atom. The highest BCUT2D eigenvalue weighted by Gasteiger charge is 2.04. The number of nitrogens with two attached hydrogens (primary N) is 1. The monoisotopic (exact) mass is 185 g/mol. The van der Waals surface area contributed by atoms with Gasteiger partial charge in [0.15, 0.2) is 0 Å². The quantitative estimate of drug-likeness (QED) is 0.731. The van der Waals surface area contributed by atoms with Gasteiger partial charge in [0, 0.05) is 12.6 Å². The molecule has 1 aromatic rings. The van der Waals surface area contributed by atoms with Crippen LogP contribution in [0.5, 0.6) is 0 Å². The molecular weight excluding hydrogens is 170 g/mol. The minimum atomic E-state index is 0.585. The Hall–Kier alpha value is -0.640. The number of anilines is 1. The van der Waals surface area contributed by atoms with Crippen LogP contribution < -0.4 is 5.73 Å². The van der Waals surface area contributed by atoms with Crippen molar-refractivity contribution in [2.75, 3.05) is 12.0 Å². The van der Waals surface area contributed by atoms with Gasteiger partial charge in [-0.2, -0.15) is 5.10 Å². The normalized spacial score (nSPS) is 11.0. The molecule has 68 valence electrons. The van der Waals surface area contributed by atoms with Crippen LogP contribution >= 0.6 is 11.8 Å². The summed E-state index contributed by atoms with van der Waals surface area (Å²) in [6, 6.07) is 1.91. The van der Waals surface area contributed by atoms with E-state index in [1.54, 1.807) is 11.8 Å². The average Bonchev–Trinajstić information content (AvgIpc) is 2.31. The van der Waals surface area contributed by atoms with Crippen molar-refractivity contribution in [2.45, 2.75) is 25.4 Å².